The molecule has 4 heteroatoms. The van der Waals surface area contributed by atoms with E-state index in [2.05, 4.69) is 32.7 Å². The number of nitrogens with zero attached hydrogens (tertiary/aromatic N) is 3. The van der Waals surface area contributed by atoms with Crippen LogP contribution in [0.1, 0.15) is 0 Å². The summed E-state index contributed by atoms with van der Waals surface area (Å²) in [5, 5.41) is 4.53. The Bertz CT molecular complexity index is 644. The molecule has 1 aromatic carbocycles. The Morgan fingerprint density at radius 2 is 1.78 bits per heavy atom. The first-order valence-corrected chi connectivity index (χ1v) is 6.64. The van der Waals surface area contributed by atoms with Crippen molar-refractivity contribution in [3.8, 4) is 17.1 Å². The molecule has 0 fully saturated rings. The largest absolute Gasteiger partial charge is 0.236 e. The Kier molecular flexibility index (Phi) is 3.10. The van der Waals surface area contributed by atoms with Crippen molar-refractivity contribution < 1.29 is 0 Å². The van der Waals surface area contributed by atoms with Crippen LogP contribution in [0.4, 0.5) is 0 Å². The highest BCUT2D eigenvalue weighted by atomic mass is 127. The summed E-state index contributed by atoms with van der Waals surface area (Å²) in [6, 6.07) is 16.1. The molecule has 0 aliphatic rings. The fourth-order valence-electron chi connectivity index (χ4n) is 1.72. The summed E-state index contributed by atoms with van der Waals surface area (Å²) in [4.78, 5) is 4.35. The minimum atomic E-state index is 0.831. The van der Waals surface area contributed by atoms with E-state index in [1.807, 2.05) is 60.9 Å². The smallest absolute Gasteiger partial charge is 0.153 e. The molecule has 2 aromatic heterocycles. The molecular weight excluding hydrogens is 337 g/mol. The Morgan fingerprint density at radius 1 is 0.944 bits per heavy atom. The van der Waals surface area contributed by atoms with Crippen molar-refractivity contribution in [1.82, 2.24) is 14.8 Å². The van der Waals surface area contributed by atoms with E-state index >= 15 is 0 Å². The molecule has 2 heterocycles. The van der Waals surface area contributed by atoms with E-state index in [0.717, 1.165) is 20.6 Å². The SMILES string of the molecule is Ic1ccc(-n2ccc(-c3ccccc3)n2)nc1. The molecule has 0 aliphatic heterocycles. The van der Waals surface area contributed by atoms with Gasteiger partial charge in [0.15, 0.2) is 5.82 Å². The zero-order valence-electron chi connectivity index (χ0n) is 9.49. The molecule has 0 aliphatic carbocycles. The second-order valence-electron chi connectivity index (χ2n) is 3.85. The van der Waals surface area contributed by atoms with Crippen LogP contribution >= 0.6 is 22.6 Å². The van der Waals surface area contributed by atoms with Gasteiger partial charge in [0.1, 0.15) is 0 Å². The van der Waals surface area contributed by atoms with Crippen LogP contribution in [0, 0.1) is 3.57 Å². The highest BCUT2D eigenvalue weighted by molar-refractivity contribution is 14.1. The Hall–Kier alpha value is -1.69. The van der Waals surface area contributed by atoms with Gasteiger partial charge in [0.05, 0.1) is 5.69 Å². The van der Waals surface area contributed by atoms with Crippen LogP contribution in [0.2, 0.25) is 0 Å². The molecule has 0 saturated carbocycles. The molecule has 0 atom stereocenters. The van der Waals surface area contributed by atoms with Crippen molar-refractivity contribution in [3.63, 3.8) is 0 Å². The molecule has 0 N–H and O–H groups in total. The third-order valence-electron chi connectivity index (χ3n) is 2.61. The third kappa shape index (κ3) is 2.28. The Balaban J connectivity index is 1.97. The lowest BCUT2D eigenvalue weighted by Gasteiger charge is -2.00. The van der Waals surface area contributed by atoms with Gasteiger partial charge in [-0.05, 0) is 40.8 Å². The lowest BCUT2D eigenvalue weighted by molar-refractivity contribution is 0.849. The second kappa shape index (κ2) is 4.89. The highest BCUT2D eigenvalue weighted by Crippen LogP contribution is 2.17. The highest BCUT2D eigenvalue weighted by Gasteiger charge is 2.03. The van der Waals surface area contributed by atoms with E-state index in [0.29, 0.717) is 0 Å². The average Bonchev–Trinajstić information content (AvgIpc) is 2.90. The van der Waals surface area contributed by atoms with Gasteiger partial charge >= 0.3 is 0 Å². The van der Waals surface area contributed by atoms with Crippen molar-refractivity contribution >= 4 is 22.6 Å². The first-order valence-electron chi connectivity index (χ1n) is 5.56. The average molecular weight is 347 g/mol. The minimum Gasteiger partial charge on any atom is -0.236 e. The van der Waals surface area contributed by atoms with Crippen molar-refractivity contribution in [2.24, 2.45) is 0 Å². The maximum Gasteiger partial charge on any atom is 0.153 e. The molecule has 0 saturated heterocycles. The molecule has 3 nitrogen and oxygen atoms in total. The summed E-state index contributed by atoms with van der Waals surface area (Å²) >= 11 is 2.24. The molecule has 3 rings (SSSR count). The first kappa shape index (κ1) is 11.4. The van der Waals surface area contributed by atoms with Gasteiger partial charge in [-0.2, -0.15) is 5.10 Å². The van der Waals surface area contributed by atoms with Crippen molar-refractivity contribution in [3.05, 3.63) is 64.5 Å². The number of rotatable bonds is 2. The van der Waals surface area contributed by atoms with Crippen LogP contribution < -0.4 is 0 Å². The monoisotopic (exact) mass is 347 g/mol. The van der Waals surface area contributed by atoms with E-state index < -0.39 is 0 Å². The zero-order valence-corrected chi connectivity index (χ0v) is 11.7. The van der Waals surface area contributed by atoms with Crippen molar-refractivity contribution in [2.75, 3.05) is 0 Å². The van der Waals surface area contributed by atoms with Gasteiger partial charge in [-0.3, -0.25) is 0 Å². The maximum atomic E-state index is 4.53. The van der Waals surface area contributed by atoms with Crippen LogP contribution in [0.25, 0.3) is 17.1 Å². The lowest BCUT2D eigenvalue weighted by atomic mass is 10.2. The van der Waals surface area contributed by atoms with Crippen molar-refractivity contribution in [2.45, 2.75) is 0 Å². The molecule has 18 heavy (non-hydrogen) atoms. The number of halogens is 1. The van der Waals surface area contributed by atoms with Gasteiger partial charge in [0.25, 0.3) is 0 Å². The van der Waals surface area contributed by atoms with Gasteiger partial charge < -0.3 is 0 Å². The summed E-state index contributed by atoms with van der Waals surface area (Å²) < 4.78 is 2.91. The Morgan fingerprint density at radius 3 is 2.50 bits per heavy atom. The number of benzene rings is 1. The topological polar surface area (TPSA) is 30.7 Å². The van der Waals surface area contributed by atoms with Gasteiger partial charge in [0.2, 0.25) is 0 Å². The predicted molar refractivity (Wildman–Crippen MR) is 79.5 cm³/mol. The molecule has 0 unspecified atom stereocenters. The molecule has 88 valence electrons. The van der Waals surface area contributed by atoms with Crippen LogP contribution in [0.3, 0.4) is 0 Å². The molecule has 0 bridgehead atoms. The third-order valence-corrected chi connectivity index (χ3v) is 3.24. The quantitative estimate of drug-likeness (QED) is 0.664. The normalized spacial score (nSPS) is 10.5. The van der Waals surface area contributed by atoms with Crippen LogP contribution in [-0.2, 0) is 0 Å². The Labute approximate surface area is 119 Å². The van der Waals surface area contributed by atoms with E-state index in [1.165, 1.54) is 0 Å². The molecule has 3 aromatic rings. The van der Waals surface area contributed by atoms with Crippen molar-refractivity contribution in [1.29, 1.82) is 0 Å². The van der Waals surface area contributed by atoms with Gasteiger partial charge in [-0.25, -0.2) is 9.67 Å². The van der Waals surface area contributed by atoms with E-state index in [4.69, 9.17) is 0 Å². The molecule has 0 amide bonds. The number of pyridine rings is 1. The van der Waals surface area contributed by atoms with Gasteiger partial charge in [-0.1, -0.05) is 30.3 Å². The van der Waals surface area contributed by atoms with E-state index in [9.17, 15) is 0 Å². The molecular formula is C14H10IN3. The van der Waals surface area contributed by atoms with Gasteiger partial charge in [-0.15, -0.1) is 0 Å². The van der Waals surface area contributed by atoms with E-state index in [1.54, 1.807) is 4.68 Å². The summed E-state index contributed by atoms with van der Waals surface area (Å²) in [7, 11) is 0. The fourth-order valence-corrected chi connectivity index (χ4v) is 2.04. The molecule has 0 spiro atoms. The summed E-state index contributed by atoms with van der Waals surface area (Å²) in [5.41, 5.74) is 2.07. The summed E-state index contributed by atoms with van der Waals surface area (Å²) in [5.74, 6) is 0.831. The summed E-state index contributed by atoms with van der Waals surface area (Å²) in [6.45, 7) is 0. The number of hydrogen-bond donors (Lipinski definition) is 0. The number of aromatic nitrogens is 3. The predicted octanol–water partition coefficient (Wildman–Crippen LogP) is 3.54. The maximum absolute atomic E-state index is 4.53. The minimum absolute atomic E-state index is 0.831. The van der Waals surface area contributed by atoms with Crippen LogP contribution in [0.5, 0.6) is 0 Å². The van der Waals surface area contributed by atoms with Gasteiger partial charge in [0, 0.05) is 21.5 Å². The lowest BCUT2D eigenvalue weighted by Crippen LogP contribution is -1.97. The van der Waals surface area contributed by atoms with Crippen LogP contribution in [0.15, 0.2) is 60.9 Å². The second-order valence-corrected chi connectivity index (χ2v) is 5.09. The summed E-state index contributed by atoms with van der Waals surface area (Å²) in [6.07, 6.45) is 3.76. The first-order chi connectivity index (χ1) is 8.83. The number of hydrogen-bond acceptors (Lipinski definition) is 2. The zero-order chi connectivity index (χ0) is 12.4. The molecule has 0 radical (unpaired) electrons. The van der Waals surface area contributed by atoms with E-state index in [-0.39, 0.29) is 0 Å². The standard InChI is InChI=1S/C14H10IN3/c15-12-6-7-14(16-10-12)18-9-8-13(17-18)11-4-2-1-3-5-11/h1-10H. The van der Waals surface area contributed by atoms with Crippen LogP contribution in [-0.4, -0.2) is 14.8 Å². The fraction of sp³-hybridized carbons (Fsp3) is 0.